The number of amides is 1. The number of carbonyl (C=O) groups is 1. The van der Waals surface area contributed by atoms with E-state index in [1.807, 2.05) is 4.90 Å². The number of carbonyl (C=O) groups excluding carboxylic acids is 1. The molecule has 1 aliphatic rings. The Hall–Kier alpha value is -1.72. The molecule has 1 aliphatic heterocycles. The number of hydrogen-bond acceptors (Lipinski definition) is 6. The van der Waals surface area contributed by atoms with Crippen LogP contribution in [0.2, 0.25) is 0 Å². The van der Waals surface area contributed by atoms with Crippen LogP contribution in [-0.4, -0.2) is 99.8 Å². The average Bonchev–Trinajstić information content (AvgIpc) is 2.70. The second-order valence-electron chi connectivity index (χ2n) is 7.18. The number of rotatable bonds is 10. The Bertz CT molecular complexity index is 657. The Kier molecular flexibility index (Phi) is 9.50. The van der Waals surface area contributed by atoms with Crippen LogP contribution in [0.1, 0.15) is 15.9 Å². The zero-order chi connectivity index (χ0) is 22.1. The maximum absolute atomic E-state index is 12.9. The first-order valence-electron chi connectivity index (χ1n) is 9.71. The number of β-amino-alcohol motifs (C(OH)–C–C–N with tert-alkyl or cyclic N) is 1. The predicted octanol–water partition coefficient (Wildman–Crippen LogP) is 1.50. The molecule has 1 aromatic carbocycles. The number of aliphatic hydroxyl groups excluding tert-OH is 1. The van der Waals surface area contributed by atoms with Gasteiger partial charge in [0.1, 0.15) is 0 Å². The van der Waals surface area contributed by atoms with Crippen molar-refractivity contribution in [1.29, 1.82) is 0 Å². The van der Waals surface area contributed by atoms with Gasteiger partial charge in [0.2, 0.25) is 0 Å². The number of ether oxygens (including phenoxy) is 3. The summed E-state index contributed by atoms with van der Waals surface area (Å²) < 4.78 is 54.1. The van der Waals surface area contributed by atoms with Crippen molar-refractivity contribution in [3.05, 3.63) is 35.4 Å². The number of hydrogen-bond donors (Lipinski definition) is 1. The fourth-order valence-corrected chi connectivity index (χ4v) is 3.31. The van der Waals surface area contributed by atoms with Gasteiger partial charge in [-0.1, -0.05) is 0 Å². The molecule has 7 nitrogen and oxygen atoms in total. The van der Waals surface area contributed by atoms with Gasteiger partial charge < -0.3 is 24.2 Å². The number of aliphatic hydroxyl groups is 1. The topological polar surface area (TPSA) is 71.5 Å². The lowest BCUT2D eigenvalue weighted by atomic mass is 10.1. The number of benzene rings is 1. The highest BCUT2D eigenvalue weighted by Gasteiger charge is 2.31. The molecule has 1 saturated heterocycles. The lowest BCUT2D eigenvalue weighted by Gasteiger charge is -2.36. The molecule has 170 valence electrons. The van der Waals surface area contributed by atoms with Gasteiger partial charge in [-0.15, -0.1) is 0 Å². The number of nitrogens with zero attached hydrogens (tertiary/aromatic N) is 2. The van der Waals surface area contributed by atoms with E-state index in [1.54, 1.807) is 0 Å². The third kappa shape index (κ3) is 7.51. The predicted molar refractivity (Wildman–Crippen MR) is 103 cm³/mol. The van der Waals surface area contributed by atoms with E-state index in [9.17, 15) is 23.1 Å². The van der Waals surface area contributed by atoms with Crippen molar-refractivity contribution in [2.75, 3.05) is 66.8 Å². The van der Waals surface area contributed by atoms with E-state index in [-0.39, 0.29) is 43.9 Å². The number of morpholine rings is 1. The van der Waals surface area contributed by atoms with Gasteiger partial charge in [0, 0.05) is 52.5 Å². The first-order chi connectivity index (χ1) is 14.2. The third-order valence-corrected chi connectivity index (χ3v) is 4.79. The van der Waals surface area contributed by atoms with Crippen LogP contribution >= 0.6 is 0 Å². The highest BCUT2D eigenvalue weighted by molar-refractivity contribution is 5.94. The monoisotopic (exact) mass is 434 g/mol. The van der Waals surface area contributed by atoms with Crippen LogP contribution in [0.4, 0.5) is 13.2 Å². The van der Waals surface area contributed by atoms with Crippen LogP contribution in [0.15, 0.2) is 24.3 Å². The summed E-state index contributed by atoms with van der Waals surface area (Å²) in [5.74, 6) is -0.388. The molecule has 10 heteroatoms. The van der Waals surface area contributed by atoms with E-state index < -0.39 is 17.8 Å². The maximum atomic E-state index is 12.9. The first kappa shape index (κ1) is 24.5. The maximum Gasteiger partial charge on any atom is 0.416 e. The van der Waals surface area contributed by atoms with Crippen LogP contribution in [0.25, 0.3) is 0 Å². The molecule has 0 radical (unpaired) electrons. The minimum Gasteiger partial charge on any atom is -0.389 e. The van der Waals surface area contributed by atoms with Gasteiger partial charge in [-0.3, -0.25) is 9.69 Å². The molecule has 1 heterocycles. The molecule has 1 aromatic rings. The zero-order valence-corrected chi connectivity index (χ0v) is 17.2. The zero-order valence-electron chi connectivity index (χ0n) is 17.2. The van der Waals surface area contributed by atoms with Crippen LogP contribution in [-0.2, 0) is 20.4 Å². The normalized spacial score (nSPS) is 18.9. The van der Waals surface area contributed by atoms with Crippen molar-refractivity contribution in [2.24, 2.45) is 0 Å². The van der Waals surface area contributed by atoms with Crippen LogP contribution in [0.3, 0.4) is 0 Å². The summed E-state index contributed by atoms with van der Waals surface area (Å²) in [5, 5.41) is 9.93. The summed E-state index contributed by atoms with van der Waals surface area (Å²) in [6, 6.07) is 4.16. The van der Waals surface area contributed by atoms with Gasteiger partial charge in [0.15, 0.2) is 0 Å². The molecular weight excluding hydrogens is 405 g/mol. The summed E-state index contributed by atoms with van der Waals surface area (Å²) in [5.41, 5.74) is -0.634. The van der Waals surface area contributed by atoms with Crippen LogP contribution in [0, 0.1) is 0 Å². The van der Waals surface area contributed by atoms with E-state index in [0.29, 0.717) is 26.2 Å². The number of methoxy groups -OCH3 is 2. The van der Waals surface area contributed by atoms with Crippen molar-refractivity contribution >= 4 is 5.91 Å². The smallest absolute Gasteiger partial charge is 0.389 e. The standard InChI is InChI=1S/C20H29F3N2O5/c1-28-9-8-25(19(27)15-3-5-16(6-4-15)20(21,22)23)13-18-12-24(7-10-30-18)11-17(26)14-29-2/h3-6,17-18,26H,7-14H2,1-2H3. The van der Waals surface area contributed by atoms with Crippen molar-refractivity contribution < 1.29 is 37.3 Å². The Labute approximate surface area is 174 Å². The van der Waals surface area contributed by atoms with Gasteiger partial charge in [-0.2, -0.15) is 13.2 Å². The van der Waals surface area contributed by atoms with E-state index in [2.05, 4.69) is 0 Å². The molecule has 1 amide bonds. The fraction of sp³-hybridized carbons (Fsp3) is 0.650. The Balaban J connectivity index is 2.03. The largest absolute Gasteiger partial charge is 0.416 e. The molecule has 0 saturated carbocycles. The summed E-state index contributed by atoms with van der Waals surface area (Å²) in [6.45, 7) is 3.12. The molecule has 2 atom stereocenters. The summed E-state index contributed by atoms with van der Waals surface area (Å²) in [6.07, 6.45) is -5.36. The second kappa shape index (κ2) is 11.6. The molecule has 1 N–H and O–H groups in total. The lowest BCUT2D eigenvalue weighted by molar-refractivity contribution is -0.137. The number of halogens is 3. The van der Waals surface area contributed by atoms with Crippen molar-refractivity contribution in [2.45, 2.75) is 18.4 Å². The fourth-order valence-electron chi connectivity index (χ4n) is 3.31. The second-order valence-corrected chi connectivity index (χ2v) is 7.18. The molecule has 0 aliphatic carbocycles. The molecular formula is C20H29F3N2O5. The highest BCUT2D eigenvalue weighted by Crippen LogP contribution is 2.29. The van der Waals surface area contributed by atoms with E-state index in [0.717, 1.165) is 12.1 Å². The SMILES string of the molecule is COCCN(CC1CN(CC(O)COC)CCO1)C(=O)c1ccc(C(F)(F)F)cc1. The molecule has 2 rings (SSSR count). The van der Waals surface area contributed by atoms with E-state index >= 15 is 0 Å². The minimum absolute atomic E-state index is 0.169. The lowest BCUT2D eigenvalue weighted by Crippen LogP contribution is -2.51. The molecule has 0 spiro atoms. The van der Waals surface area contributed by atoms with Gasteiger partial charge in [0.25, 0.3) is 5.91 Å². The molecule has 0 bridgehead atoms. The van der Waals surface area contributed by atoms with Gasteiger partial charge in [-0.05, 0) is 24.3 Å². The van der Waals surface area contributed by atoms with Gasteiger partial charge in [-0.25, -0.2) is 0 Å². The van der Waals surface area contributed by atoms with Crippen molar-refractivity contribution in [1.82, 2.24) is 9.80 Å². The highest BCUT2D eigenvalue weighted by atomic mass is 19.4. The van der Waals surface area contributed by atoms with Crippen molar-refractivity contribution in [3.8, 4) is 0 Å². The molecule has 30 heavy (non-hydrogen) atoms. The third-order valence-electron chi connectivity index (χ3n) is 4.79. The van der Waals surface area contributed by atoms with Crippen LogP contribution < -0.4 is 0 Å². The van der Waals surface area contributed by atoms with Gasteiger partial charge >= 0.3 is 6.18 Å². The van der Waals surface area contributed by atoms with E-state index in [4.69, 9.17) is 14.2 Å². The Morgan fingerprint density at radius 2 is 2.00 bits per heavy atom. The molecule has 1 fully saturated rings. The Morgan fingerprint density at radius 3 is 2.60 bits per heavy atom. The quantitative estimate of drug-likeness (QED) is 0.602. The summed E-state index contributed by atoms with van der Waals surface area (Å²) >= 11 is 0. The van der Waals surface area contributed by atoms with Gasteiger partial charge in [0.05, 0.1) is 37.6 Å². The first-order valence-corrected chi connectivity index (χ1v) is 9.71. The molecule has 0 aromatic heterocycles. The van der Waals surface area contributed by atoms with E-state index in [1.165, 1.54) is 31.3 Å². The average molecular weight is 434 g/mol. The van der Waals surface area contributed by atoms with Crippen LogP contribution in [0.5, 0.6) is 0 Å². The minimum atomic E-state index is -4.45. The number of alkyl halides is 3. The molecule has 2 unspecified atom stereocenters. The Morgan fingerprint density at radius 1 is 1.30 bits per heavy atom. The summed E-state index contributed by atoms with van der Waals surface area (Å²) in [4.78, 5) is 16.4. The summed E-state index contributed by atoms with van der Waals surface area (Å²) in [7, 11) is 3.03. The van der Waals surface area contributed by atoms with Crippen molar-refractivity contribution in [3.63, 3.8) is 0 Å².